The number of anilines is 1. The predicted molar refractivity (Wildman–Crippen MR) is 68.1 cm³/mol. The molecule has 0 amide bonds. The van der Waals surface area contributed by atoms with E-state index in [0.29, 0.717) is 0 Å². The van der Waals surface area contributed by atoms with Crippen LogP contribution in [0.5, 0.6) is 0 Å². The summed E-state index contributed by atoms with van der Waals surface area (Å²) in [7, 11) is 0. The summed E-state index contributed by atoms with van der Waals surface area (Å²) < 4.78 is 0. The van der Waals surface area contributed by atoms with Crippen LogP contribution in [0.15, 0.2) is 29.2 Å². The topological polar surface area (TPSA) is 26.0 Å². The molecule has 2 rings (SSSR count). The molecule has 0 unspecified atom stereocenters. The van der Waals surface area contributed by atoms with Crippen molar-refractivity contribution in [2.45, 2.75) is 42.8 Å². The fourth-order valence-electron chi connectivity index (χ4n) is 2.09. The molecule has 1 nitrogen and oxygen atoms in total. The standard InChI is InChI=1S/C13H19NS/c1-10-2-6-12(7-3-10)15-13-8-4-11(14)5-9-13/h4-5,8-10,12H,2-3,6-7,14H2,1H3. The molecular weight excluding hydrogens is 202 g/mol. The summed E-state index contributed by atoms with van der Waals surface area (Å²) in [5, 5.41) is 0.824. The van der Waals surface area contributed by atoms with Crippen molar-refractivity contribution >= 4 is 17.4 Å². The van der Waals surface area contributed by atoms with Crippen LogP contribution < -0.4 is 5.73 Å². The fraction of sp³-hybridized carbons (Fsp3) is 0.538. The lowest BCUT2D eigenvalue weighted by Crippen LogP contribution is -2.13. The fourth-order valence-corrected chi connectivity index (χ4v) is 3.27. The molecule has 1 fully saturated rings. The Morgan fingerprint density at radius 1 is 1.07 bits per heavy atom. The lowest BCUT2D eigenvalue weighted by molar-refractivity contribution is 0.393. The molecule has 0 atom stereocenters. The molecule has 0 bridgehead atoms. The number of nitrogens with two attached hydrogens (primary N) is 1. The van der Waals surface area contributed by atoms with Gasteiger partial charge in [0.15, 0.2) is 0 Å². The Balaban J connectivity index is 1.89. The van der Waals surface area contributed by atoms with Gasteiger partial charge in [-0.15, -0.1) is 11.8 Å². The second-order valence-corrected chi connectivity index (χ2v) is 5.94. The third-order valence-electron chi connectivity index (χ3n) is 3.15. The largest absolute Gasteiger partial charge is 0.399 e. The molecular formula is C13H19NS. The molecule has 15 heavy (non-hydrogen) atoms. The first kappa shape index (κ1) is 10.9. The minimum absolute atomic E-state index is 0.824. The van der Waals surface area contributed by atoms with E-state index in [1.54, 1.807) is 0 Å². The van der Waals surface area contributed by atoms with Gasteiger partial charge in [0.05, 0.1) is 0 Å². The van der Waals surface area contributed by atoms with Crippen LogP contribution >= 0.6 is 11.8 Å². The van der Waals surface area contributed by atoms with Gasteiger partial charge in [-0.1, -0.05) is 6.92 Å². The summed E-state index contributed by atoms with van der Waals surface area (Å²) in [5.74, 6) is 0.938. The Hall–Kier alpha value is -0.630. The van der Waals surface area contributed by atoms with Crippen LogP contribution in [0, 0.1) is 5.92 Å². The van der Waals surface area contributed by atoms with Gasteiger partial charge < -0.3 is 5.73 Å². The molecule has 0 spiro atoms. The van der Waals surface area contributed by atoms with E-state index >= 15 is 0 Å². The SMILES string of the molecule is CC1CCC(Sc2ccc(N)cc2)CC1. The molecule has 82 valence electrons. The first-order valence-corrected chi connectivity index (χ1v) is 6.64. The van der Waals surface area contributed by atoms with Gasteiger partial charge in [-0.3, -0.25) is 0 Å². The van der Waals surface area contributed by atoms with Gasteiger partial charge in [0.25, 0.3) is 0 Å². The summed E-state index contributed by atoms with van der Waals surface area (Å²) in [6.07, 6.45) is 5.53. The highest BCUT2D eigenvalue weighted by Crippen LogP contribution is 2.35. The van der Waals surface area contributed by atoms with Gasteiger partial charge in [0.2, 0.25) is 0 Å². The van der Waals surface area contributed by atoms with Crippen LogP contribution in [0.4, 0.5) is 5.69 Å². The number of benzene rings is 1. The molecule has 0 aromatic heterocycles. The Bertz CT molecular complexity index is 299. The lowest BCUT2D eigenvalue weighted by atomic mass is 9.91. The van der Waals surface area contributed by atoms with Crippen LogP contribution in [-0.2, 0) is 0 Å². The monoisotopic (exact) mass is 221 g/mol. The van der Waals surface area contributed by atoms with Crippen molar-refractivity contribution in [1.29, 1.82) is 0 Å². The van der Waals surface area contributed by atoms with Crippen molar-refractivity contribution < 1.29 is 0 Å². The van der Waals surface area contributed by atoms with Crippen molar-refractivity contribution in [2.24, 2.45) is 5.92 Å². The van der Waals surface area contributed by atoms with E-state index in [1.165, 1.54) is 30.6 Å². The smallest absolute Gasteiger partial charge is 0.0314 e. The van der Waals surface area contributed by atoms with Crippen LogP contribution in [-0.4, -0.2) is 5.25 Å². The van der Waals surface area contributed by atoms with E-state index in [4.69, 9.17) is 5.73 Å². The highest BCUT2D eigenvalue weighted by Gasteiger charge is 2.18. The Morgan fingerprint density at radius 2 is 1.67 bits per heavy atom. The van der Waals surface area contributed by atoms with Gasteiger partial charge in [0.1, 0.15) is 0 Å². The van der Waals surface area contributed by atoms with Crippen LogP contribution in [0.3, 0.4) is 0 Å². The molecule has 1 aromatic rings. The molecule has 1 saturated carbocycles. The average molecular weight is 221 g/mol. The summed E-state index contributed by atoms with van der Waals surface area (Å²) in [5.41, 5.74) is 6.53. The van der Waals surface area contributed by atoms with Gasteiger partial charge in [-0.2, -0.15) is 0 Å². The number of hydrogen-bond acceptors (Lipinski definition) is 2. The molecule has 0 saturated heterocycles. The molecule has 1 aliphatic carbocycles. The second-order valence-electron chi connectivity index (χ2n) is 4.57. The minimum atomic E-state index is 0.824. The molecule has 2 N–H and O–H groups in total. The van der Waals surface area contributed by atoms with E-state index in [0.717, 1.165) is 16.9 Å². The lowest BCUT2D eigenvalue weighted by Gasteiger charge is -2.25. The zero-order valence-corrected chi connectivity index (χ0v) is 10.1. The van der Waals surface area contributed by atoms with E-state index in [2.05, 4.69) is 19.1 Å². The predicted octanol–water partition coefficient (Wildman–Crippen LogP) is 3.94. The average Bonchev–Trinajstić information content (AvgIpc) is 2.25. The van der Waals surface area contributed by atoms with Crippen LogP contribution in [0.1, 0.15) is 32.6 Å². The number of hydrogen-bond donors (Lipinski definition) is 1. The highest BCUT2D eigenvalue weighted by atomic mass is 32.2. The Labute approximate surface area is 96.4 Å². The highest BCUT2D eigenvalue weighted by molar-refractivity contribution is 8.00. The van der Waals surface area contributed by atoms with Crippen molar-refractivity contribution in [3.63, 3.8) is 0 Å². The van der Waals surface area contributed by atoms with E-state index in [1.807, 2.05) is 23.9 Å². The third kappa shape index (κ3) is 3.16. The summed E-state index contributed by atoms with van der Waals surface area (Å²) in [6.45, 7) is 2.37. The van der Waals surface area contributed by atoms with Gasteiger partial charge >= 0.3 is 0 Å². The minimum Gasteiger partial charge on any atom is -0.399 e. The van der Waals surface area contributed by atoms with Crippen LogP contribution in [0.2, 0.25) is 0 Å². The van der Waals surface area contributed by atoms with Crippen molar-refractivity contribution in [1.82, 2.24) is 0 Å². The second kappa shape index (κ2) is 4.93. The molecule has 0 heterocycles. The Morgan fingerprint density at radius 3 is 2.27 bits per heavy atom. The molecule has 1 aliphatic rings. The molecule has 1 aromatic carbocycles. The van der Waals surface area contributed by atoms with E-state index in [-0.39, 0.29) is 0 Å². The molecule has 0 radical (unpaired) electrons. The maximum absolute atomic E-state index is 5.67. The van der Waals surface area contributed by atoms with Crippen LogP contribution in [0.25, 0.3) is 0 Å². The number of nitrogen functional groups attached to an aromatic ring is 1. The first-order valence-electron chi connectivity index (χ1n) is 5.76. The van der Waals surface area contributed by atoms with E-state index in [9.17, 15) is 0 Å². The molecule has 0 aliphatic heterocycles. The summed E-state index contributed by atoms with van der Waals surface area (Å²) in [6, 6.07) is 8.26. The number of rotatable bonds is 2. The van der Waals surface area contributed by atoms with Crippen molar-refractivity contribution in [3.05, 3.63) is 24.3 Å². The zero-order valence-electron chi connectivity index (χ0n) is 9.28. The summed E-state index contributed by atoms with van der Waals surface area (Å²) in [4.78, 5) is 1.36. The molecule has 2 heteroatoms. The van der Waals surface area contributed by atoms with Crippen molar-refractivity contribution in [2.75, 3.05) is 5.73 Å². The maximum Gasteiger partial charge on any atom is 0.0314 e. The zero-order chi connectivity index (χ0) is 10.7. The normalized spacial score (nSPS) is 26.5. The quantitative estimate of drug-likeness (QED) is 0.765. The summed E-state index contributed by atoms with van der Waals surface area (Å²) >= 11 is 2.02. The first-order chi connectivity index (χ1) is 7.24. The third-order valence-corrected chi connectivity index (χ3v) is 4.49. The number of thioether (sulfide) groups is 1. The van der Waals surface area contributed by atoms with Gasteiger partial charge in [-0.05, 0) is 55.9 Å². The van der Waals surface area contributed by atoms with Gasteiger partial charge in [0, 0.05) is 15.8 Å². The van der Waals surface area contributed by atoms with E-state index < -0.39 is 0 Å². The Kier molecular flexibility index (Phi) is 3.57. The maximum atomic E-state index is 5.67. The van der Waals surface area contributed by atoms with Gasteiger partial charge in [-0.25, -0.2) is 0 Å². The van der Waals surface area contributed by atoms with Crippen molar-refractivity contribution in [3.8, 4) is 0 Å².